The fraction of sp³-hybridized carbons (Fsp3) is 0.350. The summed E-state index contributed by atoms with van der Waals surface area (Å²) in [6, 6.07) is 16.0. The Balaban J connectivity index is 0.00000338. The number of aryl methyl sites for hydroxylation is 1. The summed E-state index contributed by atoms with van der Waals surface area (Å²) in [7, 11) is 1.67. The number of methoxy groups -OCH3 is 1. The number of hydrogen-bond acceptors (Lipinski definition) is 3. The Kier molecular flexibility index (Phi) is 10.7. The summed E-state index contributed by atoms with van der Waals surface area (Å²) in [6.07, 6.45) is 1.86. The van der Waals surface area contributed by atoms with Gasteiger partial charge in [0.05, 0.1) is 13.2 Å². The Morgan fingerprint density at radius 1 is 1.08 bits per heavy atom. The second-order valence-electron chi connectivity index (χ2n) is 5.85. The number of nitrogens with one attached hydrogen (secondary N) is 1. The molecule has 2 aromatic rings. The number of para-hydroxylation sites is 1. The number of hydrogen-bond donors (Lipinski definition) is 2. The van der Waals surface area contributed by atoms with Crippen molar-refractivity contribution in [3.05, 3.63) is 59.7 Å². The number of guanidine groups is 1. The van der Waals surface area contributed by atoms with Gasteiger partial charge in [0.25, 0.3) is 0 Å². The molecule has 0 aliphatic rings. The average molecular weight is 469 g/mol. The number of rotatable bonds is 9. The van der Waals surface area contributed by atoms with E-state index < -0.39 is 0 Å². The summed E-state index contributed by atoms with van der Waals surface area (Å²) in [5.41, 5.74) is 9.17. The van der Waals surface area contributed by atoms with E-state index >= 15 is 0 Å². The van der Waals surface area contributed by atoms with Gasteiger partial charge in [-0.05, 0) is 38.0 Å². The van der Waals surface area contributed by atoms with Gasteiger partial charge in [0.2, 0.25) is 0 Å². The van der Waals surface area contributed by atoms with Crippen LogP contribution in [-0.2, 0) is 11.3 Å². The van der Waals surface area contributed by atoms with Gasteiger partial charge in [-0.15, -0.1) is 24.0 Å². The van der Waals surface area contributed by atoms with Crippen LogP contribution in [0.15, 0.2) is 53.5 Å². The minimum absolute atomic E-state index is 0. The highest BCUT2D eigenvalue weighted by Crippen LogP contribution is 2.15. The topological polar surface area (TPSA) is 68.9 Å². The van der Waals surface area contributed by atoms with Gasteiger partial charge in [-0.3, -0.25) is 4.99 Å². The zero-order valence-electron chi connectivity index (χ0n) is 15.4. The van der Waals surface area contributed by atoms with E-state index in [2.05, 4.69) is 17.2 Å². The molecule has 0 unspecified atom stereocenters. The number of aliphatic imine (C=N–C) groups is 1. The molecule has 2 aromatic carbocycles. The standard InChI is InChI=1S/C20H27N3O2.HI/c1-16-9-11-18(12-10-16)25-14-6-5-13-22-20(21)23-19-8-4-3-7-17(19)15-24-2;/h3-4,7-12H,5-6,13-15H2,1-2H3,(H3,21,22,23);1H. The first-order valence-electron chi connectivity index (χ1n) is 8.52. The number of nitrogens with two attached hydrogens (primary N) is 1. The van der Waals surface area contributed by atoms with Crippen LogP contribution in [0.5, 0.6) is 5.75 Å². The van der Waals surface area contributed by atoms with Crippen LogP contribution in [0.3, 0.4) is 0 Å². The SMILES string of the molecule is COCc1ccccc1NC(N)=NCCCCOc1ccc(C)cc1.I. The maximum Gasteiger partial charge on any atom is 0.193 e. The zero-order chi connectivity index (χ0) is 17.9. The first kappa shape index (κ1) is 22.2. The quantitative estimate of drug-likeness (QED) is 0.248. The Morgan fingerprint density at radius 3 is 2.54 bits per heavy atom. The lowest BCUT2D eigenvalue weighted by Crippen LogP contribution is -2.23. The Bertz CT molecular complexity index is 675. The highest BCUT2D eigenvalue weighted by molar-refractivity contribution is 14.0. The summed E-state index contributed by atoms with van der Waals surface area (Å²) in [6.45, 7) is 3.95. The van der Waals surface area contributed by atoms with Crippen LogP contribution in [0.4, 0.5) is 5.69 Å². The van der Waals surface area contributed by atoms with Crippen molar-refractivity contribution in [1.82, 2.24) is 0 Å². The number of unbranched alkanes of at least 4 members (excludes halogenated alkanes) is 1. The van der Waals surface area contributed by atoms with Crippen LogP contribution in [-0.4, -0.2) is 26.2 Å². The molecule has 0 saturated heterocycles. The predicted octanol–water partition coefficient (Wildman–Crippen LogP) is 4.35. The first-order chi connectivity index (χ1) is 12.2. The fourth-order valence-electron chi connectivity index (χ4n) is 2.34. The van der Waals surface area contributed by atoms with Crippen LogP contribution in [0.1, 0.15) is 24.0 Å². The average Bonchev–Trinajstić information content (AvgIpc) is 2.61. The molecule has 26 heavy (non-hydrogen) atoms. The molecule has 0 aromatic heterocycles. The summed E-state index contributed by atoms with van der Waals surface area (Å²) in [4.78, 5) is 4.36. The van der Waals surface area contributed by atoms with Crippen molar-refractivity contribution in [2.45, 2.75) is 26.4 Å². The van der Waals surface area contributed by atoms with Crippen molar-refractivity contribution in [2.24, 2.45) is 10.7 Å². The van der Waals surface area contributed by atoms with Crippen LogP contribution in [0.2, 0.25) is 0 Å². The molecule has 0 aliphatic carbocycles. The van der Waals surface area contributed by atoms with Crippen LogP contribution in [0.25, 0.3) is 0 Å². The third-order valence-corrected chi connectivity index (χ3v) is 3.70. The molecular weight excluding hydrogens is 441 g/mol. The summed E-state index contributed by atoms with van der Waals surface area (Å²) >= 11 is 0. The monoisotopic (exact) mass is 469 g/mol. The lowest BCUT2D eigenvalue weighted by Gasteiger charge is -2.11. The van der Waals surface area contributed by atoms with Crippen LogP contribution in [0, 0.1) is 6.92 Å². The largest absolute Gasteiger partial charge is 0.494 e. The molecule has 3 N–H and O–H groups in total. The smallest absolute Gasteiger partial charge is 0.193 e. The van der Waals surface area contributed by atoms with E-state index in [9.17, 15) is 0 Å². The van der Waals surface area contributed by atoms with Crippen molar-refractivity contribution in [3.63, 3.8) is 0 Å². The number of ether oxygens (including phenoxy) is 2. The molecule has 0 atom stereocenters. The molecule has 142 valence electrons. The maximum absolute atomic E-state index is 5.96. The lowest BCUT2D eigenvalue weighted by molar-refractivity contribution is 0.185. The zero-order valence-corrected chi connectivity index (χ0v) is 17.7. The van der Waals surface area contributed by atoms with E-state index in [-0.39, 0.29) is 24.0 Å². The van der Waals surface area contributed by atoms with Gasteiger partial charge in [-0.25, -0.2) is 0 Å². The van der Waals surface area contributed by atoms with Crippen molar-refractivity contribution < 1.29 is 9.47 Å². The first-order valence-corrected chi connectivity index (χ1v) is 8.52. The minimum Gasteiger partial charge on any atom is -0.494 e. The molecule has 0 radical (unpaired) electrons. The summed E-state index contributed by atoms with van der Waals surface area (Å²) < 4.78 is 10.9. The maximum atomic E-state index is 5.96. The summed E-state index contributed by atoms with van der Waals surface area (Å²) in [5, 5.41) is 3.13. The molecule has 0 saturated carbocycles. The second kappa shape index (κ2) is 12.5. The number of benzene rings is 2. The van der Waals surface area contributed by atoms with Gasteiger partial charge < -0.3 is 20.5 Å². The lowest BCUT2D eigenvalue weighted by atomic mass is 10.2. The second-order valence-corrected chi connectivity index (χ2v) is 5.85. The molecular formula is C20H28IN3O2. The van der Waals surface area contributed by atoms with Gasteiger partial charge in [-0.2, -0.15) is 0 Å². The van der Waals surface area contributed by atoms with Crippen molar-refractivity contribution in [3.8, 4) is 5.75 Å². The Labute approximate surface area is 173 Å². The molecule has 0 bridgehead atoms. The van der Waals surface area contributed by atoms with Gasteiger partial charge in [0, 0.05) is 24.9 Å². The fourth-order valence-corrected chi connectivity index (χ4v) is 2.34. The molecule has 0 amide bonds. The van der Waals surface area contributed by atoms with E-state index in [1.54, 1.807) is 7.11 Å². The highest BCUT2D eigenvalue weighted by Gasteiger charge is 2.02. The van der Waals surface area contributed by atoms with Gasteiger partial charge in [-0.1, -0.05) is 35.9 Å². The van der Waals surface area contributed by atoms with E-state index in [0.717, 1.165) is 29.8 Å². The molecule has 2 rings (SSSR count). The van der Waals surface area contributed by atoms with Crippen molar-refractivity contribution in [1.29, 1.82) is 0 Å². The highest BCUT2D eigenvalue weighted by atomic mass is 127. The molecule has 0 aliphatic heterocycles. The van der Waals surface area contributed by atoms with E-state index in [4.69, 9.17) is 15.2 Å². The van der Waals surface area contributed by atoms with E-state index in [1.165, 1.54) is 5.56 Å². The molecule has 0 spiro atoms. The predicted molar refractivity (Wildman–Crippen MR) is 119 cm³/mol. The van der Waals surface area contributed by atoms with E-state index in [1.807, 2.05) is 48.5 Å². The number of anilines is 1. The normalized spacial score (nSPS) is 10.9. The number of halogens is 1. The third-order valence-electron chi connectivity index (χ3n) is 3.70. The van der Waals surface area contributed by atoms with Crippen molar-refractivity contribution >= 4 is 35.6 Å². The Morgan fingerprint density at radius 2 is 1.81 bits per heavy atom. The van der Waals surface area contributed by atoms with Gasteiger partial charge in [0.1, 0.15) is 5.75 Å². The summed E-state index contributed by atoms with van der Waals surface area (Å²) in [5.74, 6) is 1.33. The molecule has 0 heterocycles. The van der Waals surface area contributed by atoms with Gasteiger partial charge >= 0.3 is 0 Å². The molecule has 6 heteroatoms. The van der Waals surface area contributed by atoms with Gasteiger partial charge in [0.15, 0.2) is 5.96 Å². The van der Waals surface area contributed by atoms with Crippen molar-refractivity contribution in [2.75, 3.05) is 25.6 Å². The number of nitrogens with zero attached hydrogens (tertiary/aromatic N) is 1. The Hall–Kier alpha value is -1.80. The molecule has 5 nitrogen and oxygen atoms in total. The minimum atomic E-state index is 0. The molecule has 0 fully saturated rings. The van der Waals surface area contributed by atoms with Crippen LogP contribution < -0.4 is 15.8 Å². The third kappa shape index (κ3) is 8.05. The van der Waals surface area contributed by atoms with Crippen LogP contribution >= 0.6 is 24.0 Å². The van der Waals surface area contributed by atoms with E-state index in [0.29, 0.717) is 25.7 Å².